The molecule has 1 aliphatic heterocycles. The number of guanidine groups is 1. The van der Waals surface area contributed by atoms with Crippen LogP contribution in [-0.4, -0.2) is 54.6 Å². The Labute approximate surface area is 150 Å². The number of pyridine rings is 1. The van der Waals surface area contributed by atoms with Crippen molar-refractivity contribution in [1.29, 1.82) is 0 Å². The van der Waals surface area contributed by atoms with Crippen LogP contribution in [0.5, 0.6) is 0 Å². The first-order valence-electron chi connectivity index (χ1n) is 8.00. The lowest BCUT2D eigenvalue weighted by Crippen LogP contribution is -2.53. The molecule has 1 aliphatic carbocycles. The van der Waals surface area contributed by atoms with Crippen molar-refractivity contribution in [2.75, 3.05) is 37.6 Å². The SMILES string of the molecule is CCN=C(NC1CC1C)N1CCN(c2ccccn2)CC1.I. The van der Waals surface area contributed by atoms with Crippen LogP contribution in [0, 0.1) is 5.92 Å². The van der Waals surface area contributed by atoms with Crippen molar-refractivity contribution in [1.82, 2.24) is 15.2 Å². The van der Waals surface area contributed by atoms with Crippen molar-refractivity contribution < 1.29 is 0 Å². The van der Waals surface area contributed by atoms with Gasteiger partial charge in [-0.1, -0.05) is 13.0 Å². The Bertz CT molecular complexity index is 485. The molecule has 1 saturated carbocycles. The molecule has 0 amide bonds. The molecule has 0 aromatic carbocycles. The molecule has 0 bridgehead atoms. The highest BCUT2D eigenvalue weighted by Crippen LogP contribution is 2.29. The van der Waals surface area contributed by atoms with Crippen LogP contribution in [0.25, 0.3) is 0 Å². The van der Waals surface area contributed by atoms with Gasteiger partial charge in [-0.25, -0.2) is 4.98 Å². The summed E-state index contributed by atoms with van der Waals surface area (Å²) < 4.78 is 0. The topological polar surface area (TPSA) is 43.8 Å². The summed E-state index contributed by atoms with van der Waals surface area (Å²) in [6.45, 7) is 9.24. The lowest BCUT2D eigenvalue weighted by molar-refractivity contribution is 0.370. The summed E-state index contributed by atoms with van der Waals surface area (Å²) in [4.78, 5) is 13.8. The minimum atomic E-state index is 0. The Kier molecular flexibility index (Phi) is 6.28. The van der Waals surface area contributed by atoms with Crippen molar-refractivity contribution in [3.05, 3.63) is 24.4 Å². The van der Waals surface area contributed by atoms with Gasteiger partial charge in [-0.3, -0.25) is 4.99 Å². The molecule has 2 heterocycles. The van der Waals surface area contributed by atoms with Crippen LogP contribution >= 0.6 is 24.0 Å². The highest BCUT2D eigenvalue weighted by Gasteiger charge is 2.34. The van der Waals surface area contributed by atoms with Gasteiger partial charge in [-0.05, 0) is 31.4 Å². The van der Waals surface area contributed by atoms with Crippen LogP contribution in [0.1, 0.15) is 20.3 Å². The smallest absolute Gasteiger partial charge is 0.194 e. The van der Waals surface area contributed by atoms with E-state index in [1.165, 1.54) is 6.42 Å². The van der Waals surface area contributed by atoms with E-state index in [2.05, 4.69) is 51.1 Å². The molecule has 2 atom stereocenters. The standard InChI is InChI=1S/C16H25N5.HI/c1-3-17-16(19-14-12-13(14)2)21-10-8-20(9-11-21)15-6-4-5-7-18-15;/h4-7,13-14H,3,8-12H2,1-2H3,(H,17,19);1H. The predicted molar refractivity (Wildman–Crippen MR) is 102 cm³/mol. The molecule has 1 aromatic heterocycles. The van der Waals surface area contributed by atoms with Gasteiger partial charge < -0.3 is 15.1 Å². The highest BCUT2D eigenvalue weighted by atomic mass is 127. The summed E-state index contributed by atoms with van der Waals surface area (Å²) in [5.41, 5.74) is 0. The fourth-order valence-corrected chi connectivity index (χ4v) is 2.76. The number of nitrogens with zero attached hydrogens (tertiary/aromatic N) is 4. The number of aromatic nitrogens is 1. The van der Waals surface area contributed by atoms with Crippen LogP contribution < -0.4 is 10.2 Å². The Morgan fingerprint density at radius 2 is 2.05 bits per heavy atom. The molecule has 3 rings (SSSR count). The van der Waals surface area contributed by atoms with E-state index in [4.69, 9.17) is 0 Å². The molecular formula is C16H26IN5. The average Bonchev–Trinajstić information content (AvgIpc) is 3.23. The number of aliphatic imine (C=N–C) groups is 1. The molecule has 0 spiro atoms. The van der Waals surface area contributed by atoms with Crippen LogP contribution in [0.4, 0.5) is 5.82 Å². The van der Waals surface area contributed by atoms with Crippen molar-refractivity contribution >= 4 is 35.8 Å². The summed E-state index contributed by atoms with van der Waals surface area (Å²) in [7, 11) is 0. The van der Waals surface area contributed by atoms with E-state index in [1.807, 2.05) is 12.3 Å². The normalized spacial score (nSPS) is 24.7. The largest absolute Gasteiger partial charge is 0.353 e. The lowest BCUT2D eigenvalue weighted by Gasteiger charge is -2.37. The second kappa shape index (κ2) is 7.99. The van der Waals surface area contributed by atoms with Gasteiger partial charge in [0.15, 0.2) is 5.96 Å². The lowest BCUT2D eigenvalue weighted by atomic mass is 10.3. The fourth-order valence-electron chi connectivity index (χ4n) is 2.76. The number of rotatable bonds is 3. The summed E-state index contributed by atoms with van der Waals surface area (Å²) in [5, 5.41) is 3.61. The average molecular weight is 415 g/mol. The first-order valence-corrected chi connectivity index (χ1v) is 8.00. The van der Waals surface area contributed by atoms with Gasteiger partial charge in [-0.15, -0.1) is 24.0 Å². The van der Waals surface area contributed by atoms with Crippen LogP contribution in [0.3, 0.4) is 0 Å². The third-order valence-corrected chi connectivity index (χ3v) is 4.28. The van der Waals surface area contributed by atoms with Gasteiger partial charge in [0.05, 0.1) is 0 Å². The van der Waals surface area contributed by atoms with Gasteiger partial charge in [-0.2, -0.15) is 0 Å². The first kappa shape index (κ1) is 17.3. The van der Waals surface area contributed by atoms with E-state index in [0.717, 1.165) is 50.4 Å². The fraction of sp³-hybridized carbons (Fsp3) is 0.625. The highest BCUT2D eigenvalue weighted by molar-refractivity contribution is 14.0. The molecule has 5 nitrogen and oxygen atoms in total. The van der Waals surface area contributed by atoms with Gasteiger partial charge >= 0.3 is 0 Å². The van der Waals surface area contributed by atoms with Gasteiger partial charge in [0.2, 0.25) is 0 Å². The summed E-state index contributed by atoms with van der Waals surface area (Å²) in [5.74, 6) is 2.96. The molecule has 2 unspecified atom stereocenters. The molecule has 2 fully saturated rings. The summed E-state index contributed by atoms with van der Waals surface area (Å²) in [6, 6.07) is 6.73. The zero-order chi connectivity index (χ0) is 14.7. The molecule has 1 aromatic rings. The second-order valence-corrected chi connectivity index (χ2v) is 5.92. The Morgan fingerprint density at radius 3 is 2.59 bits per heavy atom. The number of anilines is 1. The number of hydrogen-bond donors (Lipinski definition) is 1. The number of hydrogen-bond acceptors (Lipinski definition) is 3. The molecule has 6 heteroatoms. The van der Waals surface area contributed by atoms with E-state index < -0.39 is 0 Å². The Hall–Kier alpha value is -1.05. The zero-order valence-electron chi connectivity index (χ0n) is 13.4. The van der Waals surface area contributed by atoms with E-state index in [-0.39, 0.29) is 24.0 Å². The number of halogens is 1. The van der Waals surface area contributed by atoms with E-state index >= 15 is 0 Å². The van der Waals surface area contributed by atoms with Gasteiger partial charge in [0.1, 0.15) is 5.82 Å². The number of nitrogens with one attached hydrogen (secondary N) is 1. The maximum atomic E-state index is 4.66. The van der Waals surface area contributed by atoms with Crippen molar-refractivity contribution in [3.8, 4) is 0 Å². The monoisotopic (exact) mass is 415 g/mol. The molecule has 1 saturated heterocycles. The van der Waals surface area contributed by atoms with E-state index in [0.29, 0.717) is 6.04 Å². The van der Waals surface area contributed by atoms with Crippen LogP contribution in [0.15, 0.2) is 29.4 Å². The van der Waals surface area contributed by atoms with Crippen molar-refractivity contribution in [3.63, 3.8) is 0 Å². The number of piperazine rings is 1. The third-order valence-electron chi connectivity index (χ3n) is 4.28. The van der Waals surface area contributed by atoms with Crippen LogP contribution in [0.2, 0.25) is 0 Å². The summed E-state index contributed by atoms with van der Waals surface area (Å²) >= 11 is 0. The minimum absolute atomic E-state index is 0. The minimum Gasteiger partial charge on any atom is -0.353 e. The van der Waals surface area contributed by atoms with E-state index in [9.17, 15) is 0 Å². The summed E-state index contributed by atoms with van der Waals surface area (Å²) in [6.07, 6.45) is 3.14. The van der Waals surface area contributed by atoms with E-state index in [1.54, 1.807) is 0 Å². The van der Waals surface area contributed by atoms with Crippen molar-refractivity contribution in [2.45, 2.75) is 26.3 Å². The van der Waals surface area contributed by atoms with Gasteiger partial charge in [0.25, 0.3) is 0 Å². The Morgan fingerprint density at radius 1 is 1.32 bits per heavy atom. The molecule has 22 heavy (non-hydrogen) atoms. The zero-order valence-corrected chi connectivity index (χ0v) is 15.7. The quantitative estimate of drug-likeness (QED) is 0.467. The third kappa shape index (κ3) is 4.24. The Balaban J connectivity index is 0.00000176. The molecule has 1 N–H and O–H groups in total. The molecule has 122 valence electrons. The maximum Gasteiger partial charge on any atom is 0.194 e. The molecular weight excluding hydrogens is 389 g/mol. The van der Waals surface area contributed by atoms with Crippen molar-refractivity contribution in [2.24, 2.45) is 10.9 Å². The maximum absolute atomic E-state index is 4.66. The second-order valence-electron chi connectivity index (χ2n) is 5.92. The van der Waals surface area contributed by atoms with Gasteiger partial charge in [0, 0.05) is 45.0 Å². The predicted octanol–water partition coefficient (Wildman–Crippen LogP) is 2.20. The first-order chi connectivity index (χ1) is 10.3. The molecule has 0 radical (unpaired) electrons. The van der Waals surface area contributed by atoms with Crippen LogP contribution in [-0.2, 0) is 0 Å². The molecule has 2 aliphatic rings.